The van der Waals surface area contributed by atoms with E-state index in [0.717, 1.165) is 31.4 Å². The van der Waals surface area contributed by atoms with Gasteiger partial charge in [0.25, 0.3) is 0 Å². The van der Waals surface area contributed by atoms with Crippen LogP contribution < -0.4 is 20.5 Å². The summed E-state index contributed by atoms with van der Waals surface area (Å²) in [6, 6.07) is 5.47. The summed E-state index contributed by atoms with van der Waals surface area (Å²) in [5.41, 5.74) is 6.64. The van der Waals surface area contributed by atoms with Crippen molar-refractivity contribution >= 4 is 11.6 Å². The topological polar surface area (TPSA) is 89.1 Å². The Hall–Kier alpha value is -1.95. The van der Waals surface area contributed by atoms with E-state index in [1.54, 1.807) is 14.2 Å². The maximum atomic E-state index is 8.68. The normalized spacial score (nSPS) is 11.3. The van der Waals surface area contributed by atoms with Gasteiger partial charge in [0.15, 0.2) is 17.5 Å². The van der Waals surface area contributed by atoms with E-state index in [1.807, 2.05) is 18.2 Å². The van der Waals surface area contributed by atoms with E-state index in [-0.39, 0.29) is 6.61 Å². The number of nitrogens with one attached hydrogen (secondary N) is 1. The third-order valence-electron chi connectivity index (χ3n) is 3.00. The fraction of sp³-hybridized carbons (Fsp3) is 0.533. The predicted molar refractivity (Wildman–Crippen MR) is 85.2 cm³/mol. The average Bonchev–Trinajstić information content (AvgIpc) is 2.50. The number of nitrogens with zero attached hydrogens (tertiary/aromatic N) is 1. The largest absolute Gasteiger partial charge is 0.493 e. The molecule has 0 radical (unpaired) electrons. The second kappa shape index (κ2) is 9.88. The molecule has 0 saturated heterocycles. The van der Waals surface area contributed by atoms with Gasteiger partial charge < -0.3 is 25.6 Å². The van der Waals surface area contributed by atoms with Gasteiger partial charge in [-0.05, 0) is 25.0 Å². The maximum absolute atomic E-state index is 8.68. The Morgan fingerprint density at radius 1 is 1.14 bits per heavy atom. The van der Waals surface area contributed by atoms with Crippen molar-refractivity contribution in [3.8, 4) is 11.5 Å². The number of guanidine groups is 1. The van der Waals surface area contributed by atoms with Gasteiger partial charge in [-0.1, -0.05) is 12.8 Å². The summed E-state index contributed by atoms with van der Waals surface area (Å²) in [6.45, 7) is 0.934. The standard InChI is InChI=1S/C15H25N3O3/c1-20-13-8-7-12(11-14(13)21-2)18-15(16)17-9-5-3-4-6-10-19/h7-8,11,19H,3-6,9-10H2,1-2H3,(H3,16,17,18). The summed E-state index contributed by atoms with van der Waals surface area (Å²) in [6.07, 6.45) is 3.89. The Balaban J connectivity index is 2.44. The van der Waals surface area contributed by atoms with Crippen LogP contribution in [0.4, 0.5) is 5.69 Å². The minimum atomic E-state index is 0.256. The fourth-order valence-electron chi connectivity index (χ4n) is 1.88. The lowest BCUT2D eigenvalue weighted by Gasteiger charge is -2.10. The summed E-state index contributed by atoms with van der Waals surface area (Å²) < 4.78 is 10.4. The van der Waals surface area contributed by atoms with Gasteiger partial charge in [0, 0.05) is 24.9 Å². The molecule has 0 aromatic heterocycles. The molecule has 0 aliphatic carbocycles. The highest BCUT2D eigenvalue weighted by Gasteiger charge is 2.04. The molecule has 4 N–H and O–H groups in total. The van der Waals surface area contributed by atoms with Crippen molar-refractivity contribution in [2.75, 3.05) is 32.7 Å². The molecule has 0 unspecified atom stereocenters. The van der Waals surface area contributed by atoms with Crippen molar-refractivity contribution < 1.29 is 14.6 Å². The Labute approximate surface area is 126 Å². The maximum Gasteiger partial charge on any atom is 0.193 e. The van der Waals surface area contributed by atoms with Gasteiger partial charge in [-0.2, -0.15) is 0 Å². The summed E-state index contributed by atoms with van der Waals surface area (Å²) in [5, 5.41) is 11.7. The minimum absolute atomic E-state index is 0.256. The molecule has 0 atom stereocenters. The summed E-state index contributed by atoms with van der Waals surface area (Å²) in [7, 11) is 3.18. The molecule has 1 aromatic rings. The lowest BCUT2D eigenvalue weighted by Crippen LogP contribution is -2.22. The lowest BCUT2D eigenvalue weighted by atomic mass is 10.2. The molecule has 0 amide bonds. The lowest BCUT2D eigenvalue weighted by molar-refractivity contribution is 0.282. The SMILES string of the molecule is COc1ccc(NC(N)=NCCCCCCO)cc1OC. The van der Waals surface area contributed by atoms with E-state index in [2.05, 4.69) is 10.3 Å². The number of anilines is 1. The van der Waals surface area contributed by atoms with Crippen molar-refractivity contribution in [2.45, 2.75) is 25.7 Å². The van der Waals surface area contributed by atoms with Crippen molar-refractivity contribution in [3.05, 3.63) is 18.2 Å². The minimum Gasteiger partial charge on any atom is -0.493 e. The predicted octanol–water partition coefficient (Wildman–Crippen LogP) is 1.98. The van der Waals surface area contributed by atoms with Gasteiger partial charge in [-0.25, -0.2) is 0 Å². The van der Waals surface area contributed by atoms with Gasteiger partial charge in [-0.15, -0.1) is 0 Å². The van der Waals surface area contributed by atoms with Crippen LogP contribution >= 0.6 is 0 Å². The molecular weight excluding hydrogens is 270 g/mol. The Morgan fingerprint density at radius 2 is 1.86 bits per heavy atom. The molecule has 6 nitrogen and oxygen atoms in total. The number of hydrogen-bond acceptors (Lipinski definition) is 4. The first-order chi connectivity index (χ1) is 10.2. The molecular formula is C15H25N3O3. The quantitative estimate of drug-likeness (QED) is 0.368. The molecule has 0 heterocycles. The number of unbranched alkanes of at least 4 members (excludes halogenated alkanes) is 3. The first-order valence-corrected chi connectivity index (χ1v) is 7.11. The fourth-order valence-corrected chi connectivity index (χ4v) is 1.88. The van der Waals surface area contributed by atoms with Crippen LogP contribution in [0.2, 0.25) is 0 Å². The van der Waals surface area contributed by atoms with Crippen molar-refractivity contribution in [1.29, 1.82) is 0 Å². The zero-order valence-electron chi connectivity index (χ0n) is 12.8. The average molecular weight is 295 g/mol. The van der Waals surface area contributed by atoms with Crippen LogP contribution in [0, 0.1) is 0 Å². The van der Waals surface area contributed by atoms with Gasteiger partial charge in [0.2, 0.25) is 0 Å². The number of aliphatic hydroxyl groups is 1. The summed E-state index contributed by atoms with van der Waals surface area (Å²) >= 11 is 0. The van der Waals surface area contributed by atoms with E-state index >= 15 is 0 Å². The molecule has 0 aliphatic rings. The number of hydrogen-bond donors (Lipinski definition) is 3. The summed E-state index contributed by atoms with van der Waals surface area (Å²) in [4.78, 5) is 4.26. The first-order valence-electron chi connectivity index (χ1n) is 7.11. The van der Waals surface area contributed by atoms with E-state index in [0.29, 0.717) is 24.0 Å². The van der Waals surface area contributed by atoms with Crippen molar-refractivity contribution in [1.82, 2.24) is 0 Å². The number of aliphatic hydroxyl groups excluding tert-OH is 1. The molecule has 0 fully saturated rings. The first kappa shape index (κ1) is 17.1. The third-order valence-corrected chi connectivity index (χ3v) is 3.00. The highest BCUT2D eigenvalue weighted by Crippen LogP contribution is 2.29. The van der Waals surface area contributed by atoms with Crippen molar-refractivity contribution in [2.24, 2.45) is 10.7 Å². The molecule has 118 valence electrons. The molecule has 0 saturated carbocycles. The number of rotatable bonds is 9. The molecule has 1 rings (SSSR count). The molecule has 0 aliphatic heterocycles. The zero-order chi connectivity index (χ0) is 15.5. The summed E-state index contributed by atoms with van der Waals surface area (Å²) in [5.74, 6) is 1.69. The monoisotopic (exact) mass is 295 g/mol. The molecule has 1 aromatic carbocycles. The van der Waals surface area contributed by atoms with Crippen LogP contribution in [0.5, 0.6) is 11.5 Å². The Bertz CT molecular complexity index is 450. The van der Waals surface area contributed by atoms with Gasteiger partial charge in [-0.3, -0.25) is 4.99 Å². The van der Waals surface area contributed by atoms with Gasteiger partial charge in [0.1, 0.15) is 0 Å². The number of ether oxygens (including phenoxy) is 2. The second-order valence-corrected chi connectivity index (χ2v) is 4.60. The van der Waals surface area contributed by atoms with E-state index in [1.165, 1.54) is 0 Å². The number of aliphatic imine (C=N–C) groups is 1. The van der Waals surface area contributed by atoms with Gasteiger partial charge in [0.05, 0.1) is 14.2 Å². The Morgan fingerprint density at radius 3 is 2.52 bits per heavy atom. The van der Waals surface area contributed by atoms with Crippen LogP contribution in [0.25, 0.3) is 0 Å². The number of methoxy groups -OCH3 is 2. The van der Waals surface area contributed by atoms with Crippen molar-refractivity contribution in [3.63, 3.8) is 0 Å². The van der Waals surface area contributed by atoms with Crippen LogP contribution in [0.1, 0.15) is 25.7 Å². The highest BCUT2D eigenvalue weighted by atomic mass is 16.5. The highest BCUT2D eigenvalue weighted by molar-refractivity contribution is 5.92. The van der Waals surface area contributed by atoms with Crippen LogP contribution in [0.15, 0.2) is 23.2 Å². The smallest absolute Gasteiger partial charge is 0.193 e. The number of benzene rings is 1. The van der Waals surface area contributed by atoms with Crippen LogP contribution in [-0.2, 0) is 0 Å². The van der Waals surface area contributed by atoms with Crippen LogP contribution in [-0.4, -0.2) is 38.4 Å². The molecule has 0 bridgehead atoms. The van der Waals surface area contributed by atoms with Gasteiger partial charge >= 0.3 is 0 Å². The zero-order valence-corrected chi connectivity index (χ0v) is 12.8. The second-order valence-electron chi connectivity index (χ2n) is 4.60. The Kier molecular flexibility index (Phi) is 8.04. The number of nitrogens with two attached hydrogens (primary N) is 1. The van der Waals surface area contributed by atoms with E-state index in [9.17, 15) is 0 Å². The molecule has 21 heavy (non-hydrogen) atoms. The molecule has 0 spiro atoms. The third kappa shape index (κ3) is 6.35. The molecule has 6 heteroatoms. The van der Waals surface area contributed by atoms with Crippen LogP contribution in [0.3, 0.4) is 0 Å². The van der Waals surface area contributed by atoms with E-state index < -0.39 is 0 Å². The van der Waals surface area contributed by atoms with E-state index in [4.69, 9.17) is 20.3 Å².